The topological polar surface area (TPSA) is 94.5 Å². The van der Waals surface area contributed by atoms with E-state index in [4.69, 9.17) is 0 Å². The van der Waals surface area contributed by atoms with Gasteiger partial charge in [0.05, 0.1) is 5.25 Å². The third kappa shape index (κ3) is 5.45. The van der Waals surface area contributed by atoms with Crippen LogP contribution < -0.4 is 0 Å². The summed E-state index contributed by atoms with van der Waals surface area (Å²) < 4.78 is 54.0. The van der Waals surface area contributed by atoms with E-state index in [9.17, 15) is 21.7 Å². The molecule has 1 N–H and O–H groups in total. The fourth-order valence-electron chi connectivity index (χ4n) is 5.35. The highest BCUT2D eigenvalue weighted by Gasteiger charge is 2.30. The number of benzene rings is 2. The molecule has 1 unspecified atom stereocenters. The van der Waals surface area contributed by atoms with Crippen molar-refractivity contribution in [1.82, 2.24) is 0 Å². The van der Waals surface area contributed by atoms with Crippen molar-refractivity contribution < 1.29 is 21.7 Å². The molecular formula is C24H29O5S2-. The van der Waals surface area contributed by atoms with Crippen LogP contribution in [0.5, 0.6) is 0 Å². The summed E-state index contributed by atoms with van der Waals surface area (Å²) in [5.74, 6) is 1.41. The highest BCUT2D eigenvalue weighted by Crippen LogP contribution is 2.41. The van der Waals surface area contributed by atoms with E-state index in [0.717, 1.165) is 38.5 Å². The molecule has 1 atom stereocenters. The van der Waals surface area contributed by atoms with E-state index in [2.05, 4.69) is 24.3 Å². The summed E-state index contributed by atoms with van der Waals surface area (Å²) in [6, 6.07) is 16.1. The summed E-state index contributed by atoms with van der Waals surface area (Å²) in [6.45, 7) is 0. The van der Waals surface area contributed by atoms with Crippen molar-refractivity contribution in [2.24, 2.45) is 0 Å². The Labute approximate surface area is 187 Å². The molecule has 168 valence electrons. The summed E-state index contributed by atoms with van der Waals surface area (Å²) in [5.41, 5.74) is 3.86. The van der Waals surface area contributed by atoms with Gasteiger partial charge < -0.3 is 4.55 Å². The van der Waals surface area contributed by atoms with E-state index in [-0.39, 0.29) is 0 Å². The molecule has 0 amide bonds. The lowest BCUT2D eigenvalue weighted by Crippen LogP contribution is -2.25. The van der Waals surface area contributed by atoms with Crippen LogP contribution in [0.1, 0.15) is 85.8 Å². The lowest BCUT2D eigenvalue weighted by Gasteiger charge is -2.30. The monoisotopic (exact) mass is 461 g/mol. The Bertz CT molecular complexity index is 999. The first-order valence-electron chi connectivity index (χ1n) is 11.1. The standard InChI is InChI=1S/C24H30O5S2/c25-30(26)23-13-9-21(10-14-23)19-5-1-17(2-6-19)18-3-7-20(8-4-18)22-11-15-24(16-12-22)31(27,28)29/h3-4,7-10,13-14,17,19,22,24H,1-2,5-6,11-12,15-16H2,(H,25,26)(H,27,28,29)/p-1. The molecule has 0 heterocycles. The normalized spacial score (nSPS) is 28.2. The van der Waals surface area contributed by atoms with Crippen LogP contribution in [0.3, 0.4) is 0 Å². The molecule has 2 fully saturated rings. The first-order chi connectivity index (χ1) is 14.8. The van der Waals surface area contributed by atoms with Gasteiger partial charge in [0.2, 0.25) is 0 Å². The predicted molar refractivity (Wildman–Crippen MR) is 121 cm³/mol. The summed E-state index contributed by atoms with van der Waals surface area (Å²) in [6.07, 6.45) is 7.11. The van der Waals surface area contributed by atoms with Gasteiger partial charge in [-0.2, -0.15) is 8.42 Å². The molecule has 0 spiro atoms. The van der Waals surface area contributed by atoms with Gasteiger partial charge in [0, 0.05) is 4.90 Å². The van der Waals surface area contributed by atoms with Gasteiger partial charge in [0.15, 0.2) is 0 Å². The minimum Gasteiger partial charge on any atom is -0.768 e. The predicted octanol–water partition coefficient (Wildman–Crippen LogP) is 5.28. The molecule has 31 heavy (non-hydrogen) atoms. The fourth-order valence-corrected chi connectivity index (χ4v) is 6.57. The lowest BCUT2D eigenvalue weighted by atomic mass is 9.75. The maximum atomic E-state index is 11.3. The quantitative estimate of drug-likeness (QED) is 0.483. The summed E-state index contributed by atoms with van der Waals surface area (Å²) in [7, 11) is -3.91. The first kappa shape index (κ1) is 22.6. The summed E-state index contributed by atoms with van der Waals surface area (Å²) >= 11 is -2.17. The molecule has 0 saturated heterocycles. The maximum Gasteiger partial charge on any atom is 0.267 e. The van der Waals surface area contributed by atoms with Crippen molar-refractivity contribution >= 4 is 21.2 Å². The van der Waals surface area contributed by atoms with Gasteiger partial charge in [-0.25, -0.2) is 0 Å². The molecule has 2 aromatic carbocycles. The van der Waals surface area contributed by atoms with Crippen LogP contribution >= 0.6 is 0 Å². The zero-order valence-corrected chi connectivity index (χ0v) is 19.1. The van der Waals surface area contributed by atoms with E-state index < -0.39 is 26.4 Å². The average molecular weight is 462 g/mol. The first-order valence-corrected chi connectivity index (χ1v) is 13.6. The third-order valence-electron chi connectivity index (χ3n) is 7.25. The highest BCUT2D eigenvalue weighted by molar-refractivity contribution is 7.86. The van der Waals surface area contributed by atoms with Gasteiger partial charge >= 0.3 is 0 Å². The molecule has 5 nitrogen and oxygen atoms in total. The van der Waals surface area contributed by atoms with Gasteiger partial charge in [-0.3, -0.25) is 8.76 Å². The molecule has 0 radical (unpaired) electrons. The molecule has 0 aliphatic heterocycles. The third-order valence-corrected chi connectivity index (χ3v) is 9.22. The molecule has 0 aromatic heterocycles. The molecule has 2 aromatic rings. The van der Waals surface area contributed by atoms with Crippen molar-refractivity contribution in [2.75, 3.05) is 0 Å². The van der Waals surface area contributed by atoms with Crippen LogP contribution in [-0.4, -0.2) is 27.0 Å². The SMILES string of the molecule is O=S([O-])c1ccc(C2CCC(c3ccc(C4CCC(S(=O)(=O)O)CC4)cc3)CC2)cc1. The molecule has 2 aliphatic rings. The Kier molecular flexibility index (Phi) is 6.96. The van der Waals surface area contributed by atoms with Crippen molar-refractivity contribution in [2.45, 2.75) is 79.3 Å². The average Bonchev–Trinajstić information content (AvgIpc) is 2.79. The van der Waals surface area contributed by atoms with E-state index >= 15 is 0 Å². The number of hydrogen-bond acceptors (Lipinski definition) is 4. The molecular weight excluding hydrogens is 432 g/mol. The smallest absolute Gasteiger partial charge is 0.267 e. The fraction of sp³-hybridized carbons (Fsp3) is 0.500. The number of hydrogen-bond donors (Lipinski definition) is 1. The Morgan fingerprint density at radius 3 is 1.32 bits per heavy atom. The Morgan fingerprint density at radius 2 is 1.00 bits per heavy atom. The second-order valence-corrected chi connectivity index (χ2v) is 11.6. The minimum absolute atomic E-state index is 0.337. The van der Waals surface area contributed by atoms with E-state index in [1.165, 1.54) is 16.7 Å². The van der Waals surface area contributed by atoms with Crippen LogP contribution in [0, 0.1) is 0 Å². The second kappa shape index (κ2) is 9.53. The van der Waals surface area contributed by atoms with Gasteiger partial charge in [-0.15, -0.1) is 0 Å². The van der Waals surface area contributed by atoms with Crippen molar-refractivity contribution in [3.8, 4) is 0 Å². The van der Waals surface area contributed by atoms with Crippen LogP contribution in [0.2, 0.25) is 0 Å². The zero-order chi connectivity index (χ0) is 22.0. The van der Waals surface area contributed by atoms with E-state index in [0.29, 0.717) is 35.5 Å². The highest BCUT2D eigenvalue weighted by atomic mass is 32.2. The molecule has 2 aliphatic carbocycles. The summed E-state index contributed by atoms with van der Waals surface area (Å²) in [5, 5.41) is -0.600. The minimum atomic E-state index is -3.91. The molecule has 4 rings (SSSR count). The molecule has 7 heteroatoms. The van der Waals surface area contributed by atoms with Gasteiger partial charge in [0.25, 0.3) is 10.1 Å². The van der Waals surface area contributed by atoms with Crippen molar-refractivity contribution in [1.29, 1.82) is 0 Å². The Balaban J connectivity index is 1.32. The Hall–Kier alpha value is -1.54. The van der Waals surface area contributed by atoms with Crippen LogP contribution in [0.4, 0.5) is 0 Å². The molecule has 2 saturated carbocycles. The second-order valence-electron chi connectivity index (χ2n) is 9.01. The van der Waals surface area contributed by atoms with Gasteiger partial charge in [0.1, 0.15) is 0 Å². The van der Waals surface area contributed by atoms with Crippen molar-refractivity contribution in [3.05, 3.63) is 65.2 Å². The van der Waals surface area contributed by atoms with Crippen molar-refractivity contribution in [3.63, 3.8) is 0 Å². The zero-order valence-electron chi connectivity index (χ0n) is 17.5. The molecule has 0 bridgehead atoms. The summed E-state index contributed by atoms with van der Waals surface area (Å²) in [4.78, 5) is 0.337. The van der Waals surface area contributed by atoms with Crippen LogP contribution in [-0.2, 0) is 21.2 Å². The van der Waals surface area contributed by atoms with E-state index in [1.807, 2.05) is 12.1 Å². The lowest BCUT2D eigenvalue weighted by molar-refractivity contribution is 0.395. The van der Waals surface area contributed by atoms with Crippen LogP contribution in [0.15, 0.2) is 53.4 Å². The van der Waals surface area contributed by atoms with Gasteiger partial charge in [-0.1, -0.05) is 36.4 Å². The van der Waals surface area contributed by atoms with Gasteiger partial charge in [-0.05, 0) is 109 Å². The maximum absolute atomic E-state index is 11.3. The number of rotatable bonds is 5. The largest absolute Gasteiger partial charge is 0.768 e. The van der Waals surface area contributed by atoms with E-state index in [1.54, 1.807) is 12.1 Å². The Morgan fingerprint density at radius 1 is 0.677 bits per heavy atom. The van der Waals surface area contributed by atoms with Crippen LogP contribution in [0.25, 0.3) is 0 Å².